The summed E-state index contributed by atoms with van der Waals surface area (Å²) in [6.45, 7) is 3.72. The number of nitrogens with two attached hydrogens (primary N) is 1. The number of carbonyl (C=O) groups is 2. The molecule has 0 aromatic rings. The molecular formula is C17H33NO2. The number of amides is 1. The lowest BCUT2D eigenvalue weighted by Gasteiger charge is -2.06. The maximum atomic E-state index is 11.1. The molecule has 0 fully saturated rings. The van der Waals surface area contributed by atoms with Crippen molar-refractivity contribution < 1.29 is 9.59 Å². The summed E-state index contributed by atoms with van der Waals surface area (Å²) in [4.78, 5) is 21.6. The topological polar surface area (TPSA) is 60.2 Å². The first-order chi connectivity index (χ1) is 9.54. The number of ketones is 1. The number of Topliss-reactive ketones (excluding diaryl/α,β-unsaturated/α-hetero) is 1. The van der Waals surface area contributed by atoms with Crippen LogP contribution >= 0.6 is 0 Å². The molecule has 1 amide bonds. The van der Waals surface area contributed by atoms with E-state index in [9.17, 15) is 9.59 Å². The maximum absolute atomic E-state index is 11.1. The third-order valence-corrected chi connectivity index (χ3v) is 4.00. The van der Waals surface area contributed by atoms with Crippen LogP contribution < -0.4 is 5.73 Å². The summed E-state index contributed by atoms with van der Waals surface area (Å²) >= 11 is 0. The van der Waals surface area contributed by atoms with Gasteiger partial charge in [-0.3, -0.25) is 9.59 Å². The molecule has 1 unspecified atom stereocenters. The second-order valence-electron chi connectivity index (χ2n) is 6.05. The van der Waals surface area contributed by atoms with Crippen molar-refractivity contribution in [1.29, 1.82) is 0 Å². The molecule has 0 bridgehead atoms. The minimum atomic E-state index is -0.177. The molecule has 3 nitrogen and oxygen atoms in total. The molecule has 0 aromatic carbocycles. The van der Waals surface area contributed by atoms with Crippen LogP contribution in [0.3, 0.4) is 0 Å². The lowest BCUT2D eigenvalue weighted by Crippen LogP contribution is -2.09. The van der Waals surface area contributed by atoms with Crippen LogP contribution in [-0.2, 0) is 9.59 Å². The molecule has 0 saturated carbocycles. The molecule has 0 spiro atoms. The normalized spacial score (nSPS) is 12.3. The minimum Gasteiger partial charge on any atom is -0.370 e. The van der Waals surface area contributed by atoms with Crippen molar-refractivity contribution in [3.8, 4) is 0 Å². The SMILES string of the molecule is CC(=O)C(C)CCCCCCCCCCCCC(N)=O. The lowest BCUT2D eigenvalue weighted by molar-refractivity contribution is -0.120. The van der Waals surface area contributed by atoms with Gasteiger partial charge >= 0.3 is 0 Å². The first-order valence-corrected chi connectivity index (χ1v) is 8.32. The fourth-order valence-corrected chi connectivity index (χ4v) is 2.37. The van der Waals surface area contributed by atoms with Gasteiger partial charge in [0, 0.05) is 12.3 Å². The molecule has 0 aliphatic heterocycles. The van der Waals surface area contributed by atoms with Gasteiger partial charge in [0.1, 0.15) is 5.78 Å². The highest BCUT2D eigenvalue weighted by Crippen LogP contribution is 2.14. The molecule has 0 heterocycles. The van der Waals surface area contributed by atoms with E-state index in [1.807, 2.05) is 6.92 Å². The van der Waals surface area contributed by atoms with Gasteiger partial charge in [0.15, 0.2) is 0 Å². The van der Waals surface area contributed by atoms with Crippen molar-refractivity contribution in [3.63, 3.8) is 0 Å². The van der Waals surface area contributed by atoms with Crippen molar-refractivity contribution in [3.05, 3.63) is 0 Å². The summed E-state index contributed by atoms with van der Waals surface area (Å²) in [5, 5.41) is 0. The third kappa shape index (κ3) is 13.6. The Bertz CT molecular complexity index is 264. The average molecular weight is 283 g/mol. The fourth-order valence-electron chi connectivity index (χ4n) is 2.37. The van der Waals surface area contributed by atoms with Crippen molar-refractivity contribution >= 4 is 11.7 Å². The van der Waals surface area contributed by atoms with Crippen LogP contribution in [0.15, 0.2) is 0 Å². The van der Waals surface area contributed by atoms with Gasteiger partial charge in [-0.1, -0.05) is 64.7 Å². The highest BCUT2D eigenvalue weighted by Gasteiger charge is 2.05. The van der Waals surface area contributed by atoms with Gasteiger partial charge in [0.25, 0.3) is 0 Å². The standard InChI is InChI=1S/C17H33NO2/c1-15(16(2)19)13-11-9-7-5-3-4-6-8-10-12-14-17(18)20/h15H,3-14H2,1-2H3,(H2,18,20). The molecule has 0 saturated heterocycles. The predicted molar refractivity (Wildman–Crippen MR) is 84.4 cm³/mol. The second kappa shape index (κ2) is 13.1. The van der Waals surface area contributed by atoms with Gasteiger partial charge in [-0.15, -0.1) is 0 Å². The minimum absolute atomic E-state index is 0.177. The highest BCUT2D eigenvalue weighted by atomic mass is 16.1. The Morgan fingerprint density at radius 1 is 0.800 bits per heavy atom. The molecule has 20 heavy (non-hydrogen) atoms. The first kappa shape index (κ1) is 19.1. The summed E-state index contributed by atoms with van der Waals surface area (Å²) in [6.07, 6.45) is 13.9. The van der Waals surface area contributed by atoms with Crippen LogP contribution in [0.5, 0.6) is 0 Å². The largest absolute Gasteiger partial charge is 0.370 e. The Kier molecular flexibility index (Phi) is 12.6. The average Bonchev–Trinajstić information content (AvgIpc) is 2.39. The molecule has 0 aromatic heterocycles. The summed E-state index contributed by atoms with van der Waals surface area (Å²) in [5.74, 6) is 0.390. The number of rotatable bonds is 14. The number of unbranched alkanes of at least 4 members (excludes halogenated alkanes) is 9. The molecule has 0 rings (SSSR count). The fraction of sp³-hybridized carbons (Fsp3) is 0.882. The van der Waals surface area contributed by atoms with E-state index < -0.39 is 0 Å². The number of hydrogen-bond acceptors (Lipinski definition) is 2. The zero-order chi connectivity index (χ0) is 15.2. The third-order valence-electron chi connectivity index (χ3n) is 4.00. The first-order valence-electron chi connectivity index (χ1n) is 8.32. The van der Waals surface area contributed by atoms with Crippen molar-refractivity contribution in [2.45, 2.75) is 90.9 Å². The van der Waals surface area contributed by atoms with Crippen LogP contribution in [0.4, 0.5) is 0 Å². The van der Waals surface area contributed by atoms with Crippen LogP contribution in [0, 0.1) is 5.92 Å². The molecular weight excluding hydrogens is 250 g/mol. The van der Waals surface area contributed by atoms with E-state index in [4.69, 9.17) is 5.73 Å². The summed E-state index contributed by atoms with van der Waals surface area (Å²) in [7, 11) is 0. The van der Waals surface area contributed by atoms with Crippen LogP contribution in [0.1, 0.15) is 90.9 Å². The van der Waals surface area contributed by atoms with E-state index >= 15 is 0 Å². The van der Waals surface area contributed by atoms with E-state index in [1.165, 1.54) is 51.4 Å². The van der Waals surface area contributed by atoms with E-state index in [0.29, 0.717) is 12.2 Å². The second-order valence-corrected chi connectivity index (χ2v) is 6.05. The molecule has 2 N–H and O–H groups in total. The van der Waals surface area contributed by atoms with Crippen LogP contribution in [0.2, 0.25) is 0 Å². The Balaban J connectivity index is 3.10. The zero-order valence-electron chi connectivity index (χ0n) is 13.5. The Morgan fingerprint density at radius 3 is 1.60 bits per heavy atom. The van der Waals surface area contributed by atoms with Gasteiger partial charge in [0.05, 0.1) is 0 Å². The zero-order valence-corrected chi connectivity index (χ0v) is 13.5. The van der Waals surface area contributed by atoms with E-state index in [2.05, 4.69) is 0 Å². The molecule has 118 valence electrons. The molecule has 0 radical (unpaired) electrons. The Morgan fingerprint density at radius 2 is 1.20 bits per heavy atom. The Hall–Kier alpha value is -0.860. The molecule has 1 atom stereocenters. The Labute approximate surface area is 124 Å². The predicted octanol–water partition coefficient (Wildman–Crippen LogP) is 4.38. The van der Waals surface area contributed by atoms with Crippen molar-refractivity contribution in [2.75, 3.05) is 0 Å². The lowest BCUT2D eigenvalue weighted by atomic mass is 9.98. The number of carbonyl (C=O) groups excluding carboxylic acids is 2. The van der Waals surface area contributed by atoms with Gasteiger partial charge in [-0.2, -0.15) is 0 Å². The highest BCUT2D eigenvalue weighted by molar-refractivity contribution is 5.77. The maximum Gasteiger partial charge on any atom is 0.217 e. The van der Waals surface area contributed by atoms with E-state index in [1.54, 1.807) is 6.92 Å². The van der Waals surface area contributed by atoms with E-state index in [0.717, 1.165) is 19.3 Å². The van der Waals surface area contributed by atoms with Gasteiger partial charge in [-0.05, 0) is 19.8 Å². The van der Waals surface area contributed by atoms with E-state index in [-0.39, 0.29) is 11.8 Å². The summed E-state index contributed by atoms with van der Waals surface area (Å²) in [5.41, 5.74) is 5.09. The molecule has 3 heteroatoms. The molecule has 0 aliphatic rings. The van der Waals surface area contributed by atoms with Gasteiger partial charge < -0.3 is 5.73 Å². The summed E-state index contributed by atoms with van der Waals surface area (Å²) < 4.78 is 0. The number of primary amides is 1. The monoisotopic (exact) mass is 283 g/mol. The quantitative estimate of drug-likeness (QED) is 0.481. The van der Waals surface area contributed by atoms with Crippen molar-refractivity contribution in [2.24, 2.45) is 11.7 Å². The van der Waals surface area contributed by atoms with Gasteiger partial charge in [0.2, 0.25) is 5.91 Å². The van der Waals surface area contributed by atoms with Crippen molar-refractivity contribution in [1.82, 2.24) is 0 Å². The van der Waals surface area contributed by atoms with Gasteiger partial charge in [-0.25, -0.2) is 0 Å². The number of hydrogen-bond donors (Lipinski definition) is 1. The van der Waals surface area contributed by atoms with Crippen LogP contribution in [0.25, 0.3) is 0 Å². The van der Waals surface area contributed by atoms with Crippen LogP contribution in [-0.4, -0.2) is 11.7 Å². The smallest absolute Gasteiger partial charge is 0.217 e. The molecule has 0 aliphatic carbocycles. The summed E-state index contributed by atoms with van der Waals surface area (Å²) in [6, 6.07) is 0.